The second-order valence-electron chi connectivity index (χ2n) is 9.02. The van der Waals surface area contributed by atoms with Gasteiger partial charge in [0.1, 0.15) is 17.1 Å². The largest absolute Gasteiger partial charge is 0.464 e. The number of benzene rings is 2. The molecule has 35 heavy (non-hydrogen) atoms. The number of piperazine rings is 1. The van der Waals surface area contributed by atoms with E-state index in [0.717, 1.165) is 15.4 Å². The Kier molecular flexibility index (Phi) is 6.82. The highest BCUT2D eigenvalue weighted by molar-refractivity contribution is 7.89. The van der Waals surface area contributed by atoms with Gasteiger partial charge in [0.25, 0.3) is 0 Å². The van der Waals surface area contributed by atoms with Crippen molar-refractivity contribution in [2.45, 2.75) is 44.3 Å². The number of carbonyl (C=O) groups excluding carboxylic acids is 2. The number of amides is 2. The molecule has 9 heteroatoms. The average Bonchev–Trinajstić information content (AvgIpc) is 3.25. The van der Waals surface area contributed by atoms with Crippen LogP contribution in [0.1, 0.15) is 29.6 Å². The molecule has 1 N–H and O–H groups in total. The molecule has 1 aliphatic rings. The molecule has 0 bridgehead atoms. The van der Waals surface area contributed by atoms with Crippen LogP contribution >= 0.6 is 0 Å². The van der Waals surface area contributed by atoms with Gasteiger partial charge in [-0.25, -0.2) is 8.42 Å². The zero-order valence-electron chi connectivity index (χ0n) is 20.0. The Morgan fingerprint density at radius 1 is 1.03 bits per heavy atom. The van der Waals surface area contributed by atoms with Gasteiger partial charge in [-0.15, -0.1) is 0 Å². The second kappa shape index (κ2) is 9.67. The lowest BCUT2D eigenvalue weighted by Crippen LogP contribution is -2.69. The van der Waals surface area contributed by atoms with Crippen LogP contribution < -0.4 is 5.32 Å². The predicted octanol–water partition coefficient (Wildman–Crippen LogP) is 3.00. The van der Waals surface area contributed by atoms with E-state index in [1.165, 1.54) is 17.0 Å². The van der Waals surface area contributed by atoms with Crippen LogP contribution in [0.3, 0.4) is 0 Å². The van der Waals surface area contributed by atoms with Gasteiger partial charge in [0.2, 0.25) is 21.8 Å². The summed E-state index contributed by atoms with van der Waals surface area (Å²) < 4.78 is 33.6. The smallest absolute Gasteiger partial charge is 0.247 e. The molecule has 1 aromatic heterocycles. The van der Waals surface area contributed by atoms with Gasteiger partial charge in [-0.2, -0.15) is 4.31 Å². The summed E-state index contributed by atoms with van der Waals surface area (Å²) in [4.78, 5) is 28.4. The Balaban J connectivity index is 1.65. The number of furan rings is 1. The van der Waals surface area contributed by atoms with Crippen LogP contribution in [0.4, 0.5) is 0 Å². The third-order valence-electron chi connectivity index (χ3n) is 6.25. The maximum Gasteiger partial charge on any atom is 0.247 e. The second-order valence-corrected chi connectivity index (χ2v) is 11.0. The summed E-state index contributed by atoms with van der Waals surface area (Å²) in [7, 11) is -3.99. The molecular formula is C26H29N3O5S. The number of carbonyl (C=O) groups is 2. The maximum atomic E-state index is 13.5. The van der Waals surface area contributed by atoms with Crippen molar-refractivity contribution in [3.05, 3.63) is 89.4 Å². The lowest BCUT2D eigenvalue weighted by molar-refractivity contribution is -0.154. The minimum atomic E-state index is -3.99. The van der Waals surface area contributed by atoms with Crippen molar-refractivity contribution in [1.82, 2.24) is 14.5 Å². The number of nitrogens with zero attached hydrogens (tertiary/aromatic N) is 2. The fraction of sp³-hybridized carbons (Fsp3) is 0.308. The molecule has 0 aliphatic carbocycles. The zero-order valence-corrected chi connectivity index (χ0v) is 20.8. The standard InChI is InChI=1S/C26H29N3O5S/c1-19-9-13-23(14-10-19)35(32,33)28-17-24(30)29(16-22-12-11-20(2)34-22)26(3,18-28)25(31)27-15-21-7-5-4-6-8-21/h4-14H,15-18H2,1-3H3,(H,27,31). The molecule has 2 amide bonds. The highest BCUT2D eigenvalue weighted by Crippen LogP contribution is 2.30. The molecule has 0 spiro atoms. The summed E-state index contributed by atoms with van der Waals surface area (Å²) in [5, 5.41) is 2.89. The molecule has 1 fully saturated rings. The number of rotatable bonds is 7. The first-order valence-corrected chi connectivity index (χ1v) is 12.8. The Hall–Kier alpha value is -3.43. The van der Waals surface area contributed by atoms with Gasteiger partial charge in [0, 0.05) is 13.1 Å². The summed E-state index contributed by atoms with van der Waals surface area (Å²) in [6.07, 6.45) is 0. The summed E-state index contributed by atoms with van der Waals surface area (Å²) in [5.41, 5.74) is 0.357. The predicted molar refractivity (Wildman–Crippen MR) is 131 cm³/mol. The van der Waals surface area contributed by atoms with Crippen molar-refractivity contribution < 1.29 is 22.4 Å². The van der Waals surface area contributed by atoms with E-state index in [2.05, 4.69) is 5.32 Å². The highest BCUT2D eigenvalue weighted by atomic mass is 32.2. The average molecular weight is 496 g/mol. The van der Waals surface area contributed by atoms with E-state index < -0.39 is 27.4 Å². The molecule has 0 saturated carbocycles. The molecule has 1 unspecified atom stereocenters. The van der Waals surface area contributed by atoms with Crippen molar-refractivity contribution in [3.8, 4) is 0 Å². The van der Waals surface area contributed by atoms with Crippen molar-refractivity contribution in [3.63, 3.8) is 0 Å². The van der Waals surface area contributed by atoms with Gasteiger partial charge < -0.3 is 14.6 Å². The lowest BCUT2D eigenvalue weighted by Gasteiger charge is -2.46. The minimum absolute atomic E-state index is 0.0559. The fourth-order valence-corrected chi connectivity index (χ4v) is 5.66. The third-order valence-corrected chi connectivity index (χ3v) is 8.05. The van der Waals surface area contributed by atoms with Gasteiger partial charge >= 0.3 is 0 Å². The molecule has 2 heterocycles. The topological polar surface area (TPSA) is 99.9 Å². The molecule has 4 rings (SSSR count). The molecular weight excluding hydrogens is 466 g/mol. The quantitative estimate of drug-likeness (QED) is 0.543. The molecule has 1 atom stereocenters. The maximum absolute atomic E-state index is 13.5. The van der Waals surface area contributed by atoms with Crippen LogP contribution in [0.15, 0.2) is 76.0 Å². The fourth-order valence-electron chi connectivity index (χ4n) is 4.18. The van der Waals surface area contributed by atoms with Gasteiger partial charge in [-0.05, 0) is 50.6 Å². The van der Waals surface area contributed by atoms with Crippen molar-refractivity contribution >= 4 is 21.8 Å². The van der Waals surface area contributed by atoms with Crippen LogP contribution in [0.25, 0.3) is 0 Å². The molecule has 1 aliphatic heterocycles. The molecule has 8 nitrogen and oxygen atoms in total. The molecule has 184 valence electrons. The lowest BCUT2D eigenvalue weighted by atomic mass is 9.95. The molecule has 3 aromatic rings. The summed E-state index contributed by atoms with van der Waals surface area (Å²) >= 11 is 0. The van der Waals surface area contributed by atoms with E-state index in [0.29, 0.717) is 11.5 Å². The summed E-state index contributed by atoms with van der Waals surface area (Å²) in [5.74, 6) is 0.288. The van der Waals surface area contributed by atoms with Gasteiger partial charge in [-0.1, -0.05) is 48.0 Å². The first kappa shape index (κ1) is 24.7. The van der Waals surface area contributed by atoms with E-state index in [-0.39, 0.29) is 31.1 Å². The van der Waals surface area contributed by atoms with Gasteiger partial charge in [0.05, 0.1) is 18.0 Å². The van der Waals surface area contributed by atoms with E-state index in [1.54, 1.807) is 38.1 Å². The number of sulfonamides is 1. The van der Waals surface area contributed by atoms with E-state index >= 15 is 0 Å². The number of nitrogens with one attached hydrogen (secondary N) is 1. The van der Waals surface area contributed by atoms with Gasteiger partial charge in [-0.3, -0.25) is 9.59 Å². The van der Waals surface area contributed by atoms with Crippen LogP contribution in [-0.4, -0.2) is 48.1 Å². The van der Waals surface area contributed by atoms with E-state index in [1.807, 2.05) is 37.3 Å². The summed E-state index contributed by atoms with van der Waals surface area (Å²) in [6, 6.07) is 19.4. The normalized spacial score (nSPS) is 19.1. The third kappa shape index (κ3) is 5.16. The van der Waals surface area contributed by atoms with Crippen LogP contribution in [0.2, 0.25) is 0 Å². The van der Waals surface area contributed by atoms with E-state index in [9.17, 15) is 18.0 Å². The molecule has 2 aromatic carbocycles. The minimum Gasteiger partial charge on any atom is -0.464 e. The van der Waals surface area contributed by atoms with Crippen LogP contribution in [-0.2, 0) is 32.7 Å². The molecule has 0 radical (unpaired) electrons. The SMILES string of the molecule is Cc1ccc(S(=O)(=O)N2CC(=O)N(Cc3ccc(C)o3)C(C)(C(=O)NCc3ccccc3)C2)cc1. The van der Waals surface area contributed by atoms with Crippen molar-refractivity contribution in [2.75, 3.05) is 13.1 Å². The first-order chi connectivity index (χ1) is 16.6. The van der Waals surface area contributed by atoms with Gasteiger partial charge in [0.15, 0.2) is 0 Å². The number of aryl methyl sites for hydroxylation is 2. The highest BCUT2D eigenvalue weighted by Gasteiger charge is 2.50. The Labute approximate surface area is 205 Å². The summed E-state index contributed by atoms with van der Waals surface area (Å²) in [6.45, 7) is 5.01. The molecule has 1 saturated heterocycles. The van der Waals surface area contributed by atoms with Crippen molar-refractivity contribution in [1.29, 1.82) is 0 Å². The first-order valence-electron chi connectivity index (χ1n) is 11.3. The van der Waals surface area contributed by atoms with E-state index in [4.69, 9.17) is 4.42 Å². The van der Waals surface area contributed by atoms with Crippen LogP contribution in [0.5, 0.6) is 0 Å². The zero-order chi connectivity index (χ0) is 25.2. The van der Waals surface area contributed by atoms with Crippen LogP contribution in [0, 0.1) is 13.8 Å². The van der Waals surface area contributed by atoms with Crippen molar-refractivity contribution in [2.24, 2.45) is 0 Å². The Morgan fingerprint density at radius 2 is 1.71 bits per heavy atom. The number of hydrogen-bond donors (Lipinski definition) is 1. The monoisotopic (exact) mass is 495 g/mol. The Morgan fingerprint density at radius 3 is 2.34 bits per heavy atom. The Bertz CT molecular complexity index is 1320. The number of hydrogen-bond acceptors (Lipinski definition) is 5.